The highest BCUT2D eigenvalue weighted by atomic mass is 32.2. The largest absolute Gasteiger partial charge is 0.486 e. The van der Waals surface area contributed by atoms with Crippen LogP contribution in [0.25, 0.3) is 0 Å². The van der Waals surface area contributed by atoms with E-state index >= 15 is 0 Å². The lowest BCUT2D eigenvalue weighted by molar-refractivity contribution is 0.171. The zero-order valence-corrected chi connectivity index (χ0v) is 14.0. The maximum absolute atomic E-state index is 13.0. The summed E-state index contributed by atoms with van der Waals surface area (Å²) in [5, 5.41) is 0. The fourth-order valence-corrected chi connectivity index (χ4v) is 5.06. The lowest BCUT2D eigenvalue weighted by atomic mass is 10.0. The van der Waals surface area contributed by atoms with Crippen molar-refractivity contribution in [2.24, 2.45) is 0 Å². The molecule has 0 spiro atoms. The average molecular weight is 345 g/mol. The molecule has 2 aromatic rings. The minimum Gasteiger partial charge on any atom is -0.486 e. The molecule has 2 heterocycles. The van der Waals surface area contributed by atoms with Crippen molar-refractivity contribution in [3.8, 4) is 11.5 Å². The van der Waals surface area contributed by atoms with Crippen molar-refractivity contribution >= 4 is 10.0 Å². The number of benzene rings is 2. The molecule has 126 valence electrons. The van der Waals surface area contributed by atoms with Gasteiger partial charge in [0.05, 0.1) is 10.9 Å². The van der Waals surface area contributed by atoms with Crippen LogP contribution in [0.1, 0.15) is 24.4 Å². The normalized spacial score (nSPS) is 20.9. The van der Waals surface area contributed by atoms with Crippen molar-refractivity contribution in [1.82, 2.24) is 4.31 Å². The van der Waals surface area contributed by atoms with Gasteiger partial charge in [-0.05, 0) is 42.7 Å². The van der Waals surface area contributed by atoms with E-state index in [2.05, 4.69) is 0 Å². The van der Waals surface area contributed by atoms with Crippen LogP contribution in [0.4, 0.5) is 0 Å². The molecule has 1 unspecified atom stereocenters. The van der Waals surface area contributed by atoms with E-state index in [1.54, 1.807) is 28.6 Å². The summed E-state index contributed by atoms with van der Waals surface area (Å²) in [7, 11) is -3.50. The molecule has 0 N–H and O–H groups in total. The molecular formula is C18H19NO4S. The Balaban J connectivity index is 1.68. The van der Waals surface area contributed by atoms with Crippen molar-refractivity contribution in [2.45, 2.75) is 23.8 Å². The van der Waals surface area contributed by atoms with Gasteiger partial charge in [-0.2, -0.15) is 4.31 Å². The van der Waals surface area contributed by atoms with E-state index in [4.69, 9.17) is 9.47 Å². The SMILES string of the molecule is O=S(=O)(c1ccccc1)N1CCCC1c1ccc2c(c1)OCCO2. The molecule has 6 heteroatoms. The average Bonchev–Trinajstić information content (AvgIpc) is 3.13. The molecule has 1 saturated heterocycles. The van der Waals surface area contributed by atoms with Crippen LogP contribution in [-0.2, 0) is 10.0 Å². The molecule has 1 fully saturated rings. The van der Waals surface area contributed by atoms with Gasteiger partial charge in [-0.15, -0.1) is 0 Å². The molecule has 2 aromatic carbocycles. The van der Waals surface area contributed by atoms with Crippen molar-refractivity contribution < 1.29 is 17.9 Å². The summed E-state index contributed by atoms with van der Waals surface area (Å²) in [6.07, 6.45) is 1.66. The van der Waals surface area contributed by atoms with Crippen molar-refractivity contribution in [1.29, 1.82) is 0 Å². The highest BCUT2D eigenvalue weighted by Gasteiger charge is 2.36. The fraction of sp³-hybridized carbons (Fsp3) is 0.333. The van der Waals surface area contributed by atoms with Crippen LogP contribution >= 0.6 is 0 Å². The predicted molar refractivity (Wildman–Crippen MR) is 89.7 cm³/mol. The molecule has 0 aliphatic carbocycles. The van der Waals surface area contributed by atoms with E-state index in [0.717, 1.165) is 24.2 Å². The fourth-order valence-electron chi connectivity index (χ4n) is 3.36. The second-order valence-electron chi connectivity index (χ2n) is 5.99. The third-order valence-corrected chi connectivity index (χ3v) is 6.43. The van der Waals surface area contributed by atoms with Gasteiger partial charge in [0, 0.05) is 6.54 Å². The highest BCUT2D eigenvalue weighted by Crippen LogP contribution is 2.40. The molecule has 5 nitrogen and oxygen atoms in total. The molecule has 0 saturated carbocycles. The van der Waals surface area contributed by atoms with Crippen LogP contribution in [0.3, 0.4) is 0 Å². The Labute approximate surface area is 141 Å². The first-order valence-electron chi connectivity index (χ1n) is 8.13. The molecule has 24 heavy (non-hydrogen) atoms. The van der Waals surface area contributed by atoms with E-state index in [0.29, 0.717) is 30.4 Å². The topological polar surface area (TPSA) is 55.8 Å². The Hall–Kier alpha value is -2.05. The van der Waals surface area contributed by atoms with Gasteiger partial charge in [0.1, 0.15) is 13.2 Å². The second kappa shape index (κ2) is 6.11. The van der Waals surface area contributed by atoms with Gasteiger partial charge >= 0.3 is 0 Å². The zero-order valence-electron chi connectivity index (χ0n) is 13.2. The molecule has 0 bridgehead atoms. The lowest BCUT2D eigenvalue weighted by Crippen LogP contribution is -2.30. The van der Waals surface area contributed by atoms with E-state index in [-0.39, 0.29) is 6.04 Å². The third-order valence-electron chi connectivity index (χ3n) is 4.50. The Morgan fingerprint density at radius 3 is 2.50 bits per heavy atom. The van der Waals surface area contributed by atoms with E-state index in [1.807, 2.05) is 24.3 Å². The Bertz CT molecular complexity index is 835. The van der Waals surface area contributed by atoms with Crippen LogP contribution in [0.5, 0.6) is 11.5 Å². The van der Waals surface area contributed by atoms with Crippen LogP contribution in [0.2, 0.25) is 0 Å². The minimum absolute atomic E-state index is 0.161. The van der Waals surface area contributed by atoms with Crippen LogP contribution in [0.15, 0.2) is 53.4 Å². The summed E-state index contributed by atoms with van der Waals surface area (Å²) < 4.78 is 38.7. The summed E-state index contributed by atoms with van der Waals surface area (Å²) in [6.45, 7) is 1.60. The number of fused-ring (bicyclic) bond motifs is 1. The summed E-state index contributed by atoms with van der Waals surface area (Å²) >= 11 is 0. The molecule has 1 atom stereocenters. The van der Waals surface area contributed by atoms with Gasteiger partial charge in [-0.1, -0.05) is 24.3 Å². The first-order chi connectivity index (χ1) is 11.7. The highest BCUT2D eigenvalue weighted by molar-refractivity contribution is 7.89. The van der Waals surface area contributed by atoms with Crippen LogP contribution in [0, 0.1) is 0 Å². The molecule has 2 aliphatic heterocycles. The molecule has 0 amide bonds. The molecular weight excluding hydrogens is 326 g/mol. The summed E-state index contributed by atoms with van der Waals surface area (Å²) in [6, 6.07) is 14.2. The minimum atomic E-state index is -3.50. The maximum Gasteiger partial charge on any atom is 0.243 e. The second-order valence-corrected chi connectivity index (χ2v) is 7.88. The smallest absolute Gasteiger partial charge is 0.243 e. The van der Waals surface area contributed by atoms with Crippen LogP contribution in [-0.4, -0.2) is 32.5 Å². The monoisotopic (exact) mass is 345 g/mol. The Kier molecular flexibility index (Phi) is 3.94. The first-order valence-corrected chi connectivity index (χ1v) is 9.57. The number of nitrogens with zero attached hydrogens (tertiary/aromatic N) is 1. The first kappa shape index (κ1) is 15.5. The lowest BCUT2D eigenvalue weighted by Gasteiger charge is -2.26. The standard InChI is InChI=1S/C18H19NO4S/c20-24(21,15-5-2-1-3-6-15)19-10-4-7-16(19)14-8-9-17-18(13-14)23-12-11-22-17/h1-3,5-6,8-9,13,16H,4,7,10-12H2. The maximum atomic E-state index is 13.0. The zero-order chi connectivity index (χ0) is 16.6. The van der Waals surface area contributed by atoms with E-state index < -0.39 is 10.0 Å². The number of hydrogen-bond donors (Lipinski definition) is 0. The third kappa shape index (κ3) is 2.65. The Morgan fingerprint density at radius 1 is 0.958 bits per heavy atom. The molecule has 2 aliphatic rings. The van der Waals surface area contributed by atoms with E-state index in [9.17, 15) is 8.42 Å². The van der Waals surface area contributed by atoms with E-state index in [1.165, 1.54) is 0 Å². The van der Waals surface area contributed by atoms with Gasteiger partial charge in [-0.3, -0.25) is 0 Å². The number of sulfonamides is 1. The number of hydrogen-bond acceptors (Lipinski definition) is 4. The van der Waals surface area contributed by atoms with Crippen molar-refractivity contribution in [2.75, 3.05) is 19.8 Å². The number of ether oxygens (including phenoxy) is 2. The van der Waals surface area contributed by atoms with Gasteiger partial charge in [0.2, 0.25) is 10.0 Å². The van der Waals surface area contributed by atoms with Gasteiger partial charge < -0.3 is 9.47 Å². The van der Waals surface area contributed by atoms with Crippen molar-refractivity contribution in [3.63, 3.8) is 0 Å². The molecule has 0 aromatic heterocycles. The quantitative estimate of drug-likeness (QED) is 0.858. The number of rotatable bonds is 3. The molecule has 4 rings (SSSR count). The van der Waals surface area contributed by atoms with Gasteiger partial charge in [-0.25, -0.2) is 8.42 Å². The predicted octanol–water partition coefficient (Wildman–Crippen LogP) is 2.98. The van der Waals surface area contributed by atoms with Crippen molar-refractivity contribution in [3.05, 3.63) is 54.1 Å². The van der Waals surface area contributed by atoms with Gasteiger partial charge in [0.25, 0.3) is 0 Å². The Morgan fingerprint density at radius 2 is 1.71 bits per heavy atom. The van der Waals surface area contributed by atoms with Crippen LogP contribution < -0.4 is 9.47 Å². The summed E-state index contributed by atoms with van der Waals surface area (Å²) in [5.74, 6) is 1.42. The summed E-state index contributed by atoms with van der Waals surface area (Å²) in [4.78, 5) is 0.342. The molecule has 0 radical (unpaired) electrons. The van der Waals surface area contributed by atoms with Gasteiger partial charge in [0.15, 0.2) is 11.5 Å². The summed E-state index contributed by atoms with van der Waals surface area (Å²) in [5.41, 5.74) is 0.955.